The van der Waals surface area contributed by atoms with Crippen LogP contribution < -0.4 is 0 Å². The van der Waals surface area contributed by atoms with E-state index in [2.05, 4.69) is 0 Å². The van der Waals surface area contributed by atoms with Gasteiger partial charge in [-0.15, -0.1) is 0 Å². The van der Waals surface area contributed by atoms with Gasteiger partial charge in [0.25, 0.3) is 0 Å². The van der Waals surface area contributed by atoms with Crippen LogP contribution in [0.25, 0.3) is 0 Å². The summed E-state index contributed by atoms with van der Waals surface area (Å²) in [5.74, 6) is -1.98. The predicted molar refractivity (Wildman–Crippen MR) is 138 cm³/mol. The first-order valence-corrected chi connectivity index (χ1v) is 14.4. The summed E-state index contributed by atoms with van der Waals surface area (Å²) in [6.45, 7) is 10.8. The molecule has 1 saturated carbocycles. The van der Waals surface area contributed by atoms with Gasteiger partial charge in [-0.1, -0.05) is 49.4 Å². The second-order valence-corrected chi connectivity index (χ2v) is 13.0. The van der Waals surface area contributed by atoms with Gasteiger partial charge in [0.15, 0.2) is 5.12 Å². The van der Waals surface area contributed by atoms with E-state index in [4.69, 9.17) is 13.7 Å². The quantitative estimate of drug-likeness (QED) is 0.280. The standard InChI is InChI=1S/C27H34O7S2/c1-9-35-23(29)24(5)20-15-12-17(3)26(20)18(4)21(25(24,6)27(32-7,33-8)22(26)28)34-36(30,31)19-13-10-16(2)11-14-19/h10-11,13-15,17H,9,12H2,1-8H3/t17-,24?,25?,26?/m0/s1. The van der Waals surface area contributed by atoms with E-state index in [-0.39, 0.29) is 27.5 Å². The smallest absolute Gasteiger partial charge is 0.338 e. The number of hydrogen-bond donors (Lipinski definition) is 0. The number of carbonyl (C=O) groups is 2. The van der Waals surface area contributed by atoms with E-state index in [1.165, 1.54) is 26.4 Å². The average Bonchev–Trinajstić information content (AvgIpc) is 3.19. The number of thioether (sulfide) groups is 1. The third kappa shape index (κ3) is 2.91. The van der Waals surface area contributed by atoms with E-state index in [1.54, 1.807) is 32.9 Å². The second-order valence-electron chi connectivity index (χ2n) is 10.2. The van der Waals surface area contributed by atoms with Gasteiger partial charge in [0.2, 0.25) is 11.6 Å². The van der Waals surface area contributed by atoms with Gasteiger partial charge >= 0.3 is 10.1 Å². The van der Waals surface area contributed by atoms with Gasteiger partial charge in [-0.25, -0.2) is 0 Å². The van der Waals surface area contributed by atoms with Crippen LogP contribution in [0.15, 0.2) is 52.1 Å². The highest BCUT2D eigenvalue weighted by molar-refractivity contribution is 8.13. The summed E-state index contributed by atoms with van der Waals surface area (Å²) in [5.41, 5.74) is -2.17. The van der Waals surface area contributed by atoms with Crippen LogP contribution in [0, 0.1) is 29.1 Å². The Bertz CT molecular complexity index is 1290. The Balaban J connectivity index is 2.10. The van der Waals surface area contributed by atoms with Gasteiger partial charge in [-0.3, -0.25) is 9.59 Å². The Morgan fingerprint density at radius 3 is 2.22 bits per heavy atom. The number of Topliss-reactive ketones (excluding diaryl/α,β-unsaturated/α-hetero) is 1. The molecule has 5 rings (SSSR count). The zero-order valence-corrected chi connectivity index (χ0v) is 23.7. The number of aryl methyl sites for hydroxylation is 1. The Morgan fingerprint density at radius 2 is 1.69 bits per heavy atom. The van der Waals surface area contributed by atoms with Gasteiger partial charge in [-0.2, -0.15) is 8.42 Å². The van der Waals surface area contributed by atoms with Gasteiger partial charge in [0.1, 0.15) is 16.1 Å². The third-order valence-electron chi connectivity index (χ3n) is 8.84. The Kier molecular flexibility index (Phi) is 6.43. The Hall–Kier alpha value is -1.94. The first kappa shape index (κ1) is 27.1. The van der Waals surface area contributed by atoms with Crippen LogP contribution >= 0.6 is 11.8 Å². The Labute approximate surface area is 217 Å². The molecule has 3 unspecified atom stereocenters. The highest BCUT2D eigenvalue weighted by Crippen LogP contribution is 2.77. The van der Waals surface area contributed by atoms with E-state index in [0.29, 0.717) is 23.3 Å². The fourth-order valence-corrected chi connectivity index (χ4v) is 8.82. The lowest BCUT2D eigenvalue weighted by molar-refractivity contribution is -0.289. The molecule has 0 amide bonds. The van der Waals surface area contributed by atoms with E-state index >= 15 is 0 Å². The van der Waals surface area contributed by atoms with Gasteiger partial charge in [0.05, 0.1) is 10.8 Å². The third-order valence-corrected chi connectivity index (χ3v) is 11.0. The van der Waals surface area contributed by atoms with E-state index < -0.39 is 32.2 Å². The van der Waals surface area contributed by atoms with Gasteiger partial charge < -0.3 is 13.7 Å². The van der Waals surface area contributed by atoms with E-state index in [1.807, 2.05) is 26.8 Å². The van der Waals surface area contributed by atoms with Crippen molar-refractivity contribution >= 4 is 32.8 Å². The number of methoxy groups -OCH3 is 2. The lowest BCUT2D eigenvalue weighted by Crippen LogP contribution is -2.77. The summed E-state index contributed by atoms with van der Waals surface area (Å²) in [7, 11) is -1.60. The molecular formula is C27H34O7S2. The van der Waals surface area contributed by atoms with Crippen LogP contribution in [0.2, 0.25) is 0 Å². The number of hydrogen-bond acceptors (Lipinski definition) is 8. The van der Waals surface area contributed by atoms with Crippen LogP contribution in [0.3, 0.4) is 0 Å². The number of carbonyl (C=O) groups excluding carboxylic acids is 2. The molecule has 2 bridgehead atoms. The lowest BCUT2D eigenvalue weighted by Gasteiger charge is -2.67. The summed E-state index contributed by atoms with van der Waals surface area (Å²) in [6, 6.07) is 6.34. The second kappa shape index (κ2) is 8.55. The summed E-state index contributed by atoms with van der Waals surface area (Å²) < 4.78 is 45.0. The van der Waals surface area contributed by atoms with Crippen LogP contribution in [0.5, 0.6) is 0 Å². The molecule has 1 fully saturated rings. The molecule has 4 aliphatic rings. The van der Waals surface area contributed by atoms with Crippen molar-refractivity contribution in [2.45, 2.75) is 58.6 Å². The number of ketones is 1. The number of ether oxygens (including phenoxy) is 2. The summed E-state index contributed by atoms with van der Waals surface area (Å²) >= 11 is 1.13. The minimum atomic E-state index is -4.31. The maximum atomic E-state index is 14.4. The molecular weight excluding hydrogens is 500 g/mol. The molecule has 4 atom stereocenters. The van der Waals surface area contributed by atoms with Crippen LogP contribution in [0.4, 0.5) is 0 Å². The van der Waals surface area contributed by atoms with Crippen molar-refractivity contribution in [3.05, 3.63) is 52.8 Å². The number of benzene rings is 1. The summed E-state index contributed by atoms with van der Waals surface area (Å²) in [5, 5.41) is -0.190. The highest BCUT2D eigenvalue weighted by Gasteiger charge is 2.84. The molecule has 1 spiro atoms. The molecule has 7 nitrogen and oxygen atoms in total. The lowest BCUT2D eigenvalue weighted by atomic mass is 9.38. The SMILES string of the molecule is CCSC(=O)C1(C)C2=CC[C@H](C)C23C(=O)C(OC)(OC)C1(C)C(OS(=O)(=O)c1ccc(C)cc1)=C3C. The topological polar surface area (TPSA) is 96.0 Å². The van der Waals surface area contributed by atoms with E-state index in [0.717, 1.165) is 17.3 Å². The normalized spacial score (nSPS) is 32.9. The number of allylic oxidation sites excluding steroid dienone is 3. The first-order valence-electron chi connectivity index (χ1n) is 12.0. The van der Waals surface area contributed by atoms with Crippen molar-refractivity contribution in [3.8, 4) is 0 Å². The fraction of sp³-hybridized carbons (Fsp3) is 0.556. The predicted octanol–water partition coefficient (Wildman–Crippen LogP) is 4.80. The first-order chi connectivity index (χ1) is 16.8. The number of rotatable bonds is 7. The Morgan fingerprint density at radius 1 is 1.11 bits per heavy atom. The summed E-state index contributed by atoms with van der Waals surface area (Å²) in [6.07, 6.45) is 2.52. The molecule has 1 aromatic carbocycles. The number of fused-ring (bicyclic) bond motifs is 1. The molecule has 9 heteroatoms. The fourth-order valence-electron chi connectivity index (χ4n) is 6.88. The average molecular weight is 535 g/mol. The van der Waals surface area contributed by atoms with Crippen molar-refractivity contribution in [1.82, 2.24) is 0 Å². The zero-order chi connectivity index (χ0) is 26.9. The van der Waals surface area contributed by atoms with Crippen molar-refractivity contribution in [3.63, 3.8) is 0 Å². The molecule has 0 radical (unpaired) electrons. The molecule has 1 aromatic rings. The highest BCUT2D eigenvalue weighted by atomic mass is 32.2. The molecule has 196 valence electrons. The van der Waals surface area contributed by atoms with Crippen molar-refractivity contribution in [1.29, 1.82) is 0 Å². The van der Waals surface area contributed by atoms with Crippen LogP contribution in [-0.4, -0.2) is 45.1 Å². The van der Waals surface area contributed by atoms with Crippen molar-refractivity contribution in [2.75, 3.05) is 20.0 Å². The molecule has 0 N–H and O–H groups in total. The molecule has 4 aliphatic carbocycles. The zero-order valence-electron chi connectivity index (χ0n) is 22.1. The van der Waals surface area contributed by atoms with Crippen LogP contribution in [-0.2, 0) is 33.4 Å². The monoisotopic (exact) mass is 534 g/mol. The largest absolute Gasteiger partial charge is 0.383 e. The van der Waals surface area contributed by atoms with Crippen molar-refractivity contribution in [2.24, 2.45) is 22.2 Å². The van der Waals surface area contributed by atoms with Crippen molar-refractivity contribution < 1.29 is 31.7 Å². The van der Waals surface area contributed by atoms with Crippen LogP contribution in [0.1, 0.15) is 46.6 Å². The molecule has 0 aromatic heterocycles. The maximum absolute atomic E-state index is 14.4. The minimum absolute atomic E-state index is 0.0195. The molecule has 0 aliphatic heterocycles. The van der Waals surface area contributed by atoms with Gasteiger partial charge in [0, 0.05) is 14.2 Å². The van der Waals surface area contributed by atoms with Gasteiger partial charge in [-0.05, 0) is 69.1 Å². The minimum Gasteiger partial charge on any atom is -0.383 e. The molecule has 0 heterocycles. The van der Waals surface area contributed by atoms with E-state index in [9.17, 15) is 18.0 Å². The molecule has 0 saturated heterocycles. The molecule has 36 heavy (non-hydrogen) atoms. The summed E-state index contributed by atoms with van der Waals surface area (Å²) in [4.78, 5) is 28.4. The maximum Gasteiger partial charge on any atom is 0.338 e.